The summed E-state index contributed by atoms with van der Waals surface area (Å²) in [6.45, 7) is 5.97. The zero-order chi connectivity index (χ0) is 24.5. The Kier molecular flexibility index (Phi) is 9.65. The van der Waals surface area contributed by atoms with Gasteiger partial charge in [-0.05, 0) is 68.8 Å². The number of thiophene rings is 1. The maximum Gasteiger partial charge on any atom is 0.243 e. The first-order valence-electron chi connectivity index (χ1n) is 12.1. The number of aryl methyl sites for hydroxylation is 1. The summed E-state index contributed by atoms with van der Waals surface area (Å²) in [7, 11) is 1.66. The Balaban J connectivity index is 1.41. The molecule has 8 heteroatoms. The summed E-state index contributed by atoms with van der Waals surface area (Å²) in [4.78, 5) is 42.8. The number of nitrogens with zero attached hydrogens (tertiary/aromatic N) is 2. The molecule has 1 aromatic heterocycles. The molecule has 34 heavy (non-hydrogen) atoms. The average Bonchev–Trinajstić information content (AvgIpc) is 3.37. The van der Waals surface area contributed by atoms with Crippen LogP contribution < -0.4 is 10.6 Å². The largest absolute Gasteiger partial charge is 0.355 e. The van der Waals surface area contributed by atoms with Crippen LogP contribution in [0.3, 0.4) is 0 Å². The van der Waals surface area contributed by atoms with Crippen molar-refractivity contribution >= 4 is 34.7 Å². The van der Waals surface area contributed by atoms with E-state index in [0.717, 1.165) is 36.9 Å². The second kappa shape index (κ2) is 12.7. The summed E-state index contributed by atoms with van der Waals surface area (Å²) < 4.78 is 0. The number of hydrogen-bond acceptors (Lipinski definition) is 5. The molecule has 2 aromatic rings. The van der Waals surface area contributed by atoms with Crippen LogP contribution in [0.5, 0.6) is 0 Å². The highest BCUT2D eigenvalue weighted by atomic mass is 32.1. The monoisotopic (exact) mass is 484 g/mol. The van der Waals surface area contributed by atoms with Crippen molar-refractivity contribution in [3.8, 4) is 0 Å². The van der Waals surface area contributed by atoms with Crippen molar-refractivity contribution in [1.29, 1.82) is 0 Å². The van der Waals surface area contributed by atoms with Crippen molar-refractivity contribution in [2.24, 2.45) is 5.92 Å². The van der Waals surface area contributed by atoms with Crippen LogP contribution in [0.2, 0.25) is 0 Å². The quantitative estimate of drug-likeness (QED) is 0.543. The lowest BCUT2D eigenvalue weighted by Crippen LogP contribution is -2.51. The number of para-hydroxylation sites is 1. The third kappa shape index (κ3) is 7.14. The highest BCUT2D eigenvalue weighted by molar-refractivity contribution is 7.09. The van der Waals surface area contributed by atoms with Crippen molar-refractivity contribution in [2.45, 2.75) is 45.6 Å². The van der Waals surface area contributed by atoms with Gasteiger partial charge in [-0.2, -0.15) is 0 Å². The van der Waals surface area contributed by atoms with E-state index >= 15 is 0 Å². The van der Waals surface area contributed by atoms with Gasteiger partial charge in [0, 0.05) is 30.1 Å². The van der Waals surface area contributed by atoms with E-state index in [4.69, 9.17) is 0 Å². The Bertz CT molecular complexity index is 955. The fourth-order valence-corrected chi connectivity index (χ4v) is 5.07. The molecule has 3 rings (SSSR count). The molecular weight excluding hydrogens is 448 g/mol. The topological polar surface area (TPSA) is 81.8 Å². The van der Waals surface area contributed by atoms with Crippen molar-refractivity contribution in [3.63, 3.8) is 0 Å². The van der Waals surface area contributed by atoms with Crippen molar-refractivity contribution in [3.05, 3.63) is 52.2 Å². The second-order valence-electron chi connectivity index (χ2n) is 8.86. The van der Waals surface area contributed by atoms with Gasteiger partial charge < -0.3 is 15.5 Å². The van der Waals surface area contributed by atoms with Crippen LogP contribution in [0.15, 0.2) is 41.8 Å². The number of hydrogen-bond donors (Lipinski definition) is 2. The van der Waals surface area contributed by atoms with E-state index in [1.165, 1.54) is 9.78 Å². The van der Waals surface area contributed by atoms with Crippen LogP contribution >= 0.6 is 11.3 Å². The number of nitrogens with one attached hydrogen (secondary N) is 2. The molecule has 2 heterocycles. The van der Waals surface area contributed by atoms with E-state index in [1.54, 1.807) is 18.4 Å². The molecule has 3 amide bonds. The smallest absolute Gasteiger partial charge is 0.243 e. The first-order valence-corrected chi connectivity index (χ1v) is 12.9. The molecule has 1 saturated heterocycles. The third-order valence-corrected chi connectivity index (χ3v) is 7.42. The van der Waals surface area contributed by atoms with E-state index < -0.39 is 0 Å². The SMILES string of the molecule is CCc1ccccc1NC(=O)CN(C)C(=O)C(C)N1CCC(C(=O)NCCc2cccs2)CC1. The number of rotatable bonds is 10. The summed E-state index contributed by atoms with van der Waals surface area (Å²) in [6.07, 6.45) is 3.16. The van der Waals surface area contributed by atoms with Crippen LogP contribution in [0, 0.1) is 5.92 Å². The molecule has 1 aliphatic heterocycles. The van der Waals surface area contributed by atoms with Gasteiger partial charge in [-0.1, -0.05) is 31.2 Å². The minimum absolute atomic E-state index is 0.00430. The van der Waals surface area contributed by atoms with Gasteiger partial charge in [0.05, 0.1) is 12.6 Å². The minimum atomic E-state index is -0.330. The fourth-order valence-electron chi connectivity index (χ4n) is 4.37. The van der Waals surface area contributed by atoms with Crippen LogP contribution in [0.25, 0.3) is 0 Å². The Morgan fingerprint density at radius 2 is 1.88 bits per heavy atom. The van der Waals surface area contributed by atoms with Gasteiger partial charge in [-0.25, -0.2) is 0 Å². The van der Waals surface area contributed by atoms with E-state index in [1.807, 2.05) is 49.6 Å². The zero-order valence-corrected chi connectivity index (χ0v) is 21.2. The van der Waals surface area contributed by atoms with E-state index in [0.29, 0.717) is 19.6 Å². The number of anilines is 1. The summed E-state index contributed by atoms with van der Waals surface area (Å²) in [5.74, 6) is -0.194. The highest BCUT2D eigenvalue weighted by Gasteiger charge is 2.31. The molecule has 1 unspecified atom stereocenters. The molecular formula is C26H36N4O3S. The van der Waals surface area contributed by atoms with Gasteiger partial charge in [0.2, 0.25) is 17.7 Å². The van der Waals surface area contributed by atoms with Gasteiger partial charge in [0.25, 0.3) is 0 Å². The number of piperidine rings is 1. The van der Waals surface area contributed by atoms with Crippen LogP contribution in [-0.4, -0.2) is 66.8 Å². The predicted molar refractivity (Wildman–Crippen MR) is 137 cm³/mol. The minimum Gasteiger partial charge on any atom is -0.355 e. The fraction of sp³-hybridized carbons (Fsp3) is 0.500. The zero-order valence-electron chi connectivity index (χ0n) is 20.4. The van der Waals surface area contributed by atoms with E-state index in [9.17, 15) is 14.4 Å². The first-order chi connectivity index (χ1) is 16.4. The molecule has 0 radical (unpaired) electrons. The summed E-state index contributed by atoms with van der Waals surface area (Å²) >= 11 is 1.70. The second-order valence-corrected chi connectivity index (χ2v) is 9.89. The molecule has 1 fully saturated rings. The van der Waals surface area contributed by atoms with Crippen molar-refractivity contribution in [1.82, 2.24) is 15.1 Å². The molecule has 1 atom stereocenters. The molecule has 0 aliphatic carbocycles. The molecule has 0 spiro atoms. The number of carbonyl (C=O) groups is 3. The van der Waals surface area contributed by atoms with Crippen molar-refractivity contribution in [2.75, 3.05) is 38.5 Å². The van der Waals surface area contributed by atoms with E-state index in [2.05, 4.69) is 21.6 Å². The van der Waals surface area contributed by atoms with Gasteiger partial charge in [-0.15, -0.1) is 11.3 Å². The normalized spacial score (nSPS) is 15.5. The van der Waals surface area contributed by atoms with Gasteiger partial charge in [-0.3, -0.25) is 19.3 Å². The van der Waals surface area contributed by atoms with Crippen LogP contribution in [0.4, 0.5) is 5.69 Å². The lowest BCUT2D eigenvalue weighted by atomic mass is 9.95. The van der Waals surface area contributed by atoms with Gasteiger partial charge in [0.1, 0.15) is 0 Å². The molecule has 7 nitrogen and oxygen atoms in total. The average molecular weight is 485 g/mol. The lowest BCUT2D eigenvalue weighted by Gasteiger charge is -2.36. The van der Waals surface area contributed by atoms with E-state index in [-0.39, 0.29) is 36.2 Å². The Labute approximate surface area is 206 Å². The molecule has 0 bridgehead atoms. The first kappa shape index (κ1) is 25.9. The number of likely N-dealkylation sites (N-methyl/N-ethyl adjacent to an activating group) is 1. The predicted octanol–water partition coefficient (Wildman–Crippen LogP) is 3.17. The van der Waals surface area contributed by atoms with Gasteiger partial charge >= 0.3 is 0 Å². The number of carbonyl (C=O) groups excluding carboxylic acids is 3. The number of amides is 3. The maximum atomic E-state index is 12.9. The Morgan fingerprint density at radius 3 is 2.56 bits per heavy atom. The molecule has 1 aromatic carbocycles. The van der Waals surface area contributed by atoms with Crippen LogP contribution in [-0.2, 0) is 27.2 Å². The highest BCUT2D eigenvalue weighted by Crippen LogP contribution is 2.20. The lowest BCUT2D eigenvalue weighted by molar-refractivity contribution is -0.138. The van der Waals surface area contributed by atoms with Gasteiger partial charge in [0.15, 0.2) is 0 Å². The summed E-state index contributed by atoms with van der Waals surface area (Å²) in [5.41, 5.74) is 1.86. The standard InChI is InChI=1S/C26H36N4O3S/c1-4-20-8-5-6-10-23(20)28-24(31)18-29(3)26(33)19(2)30-15-12-21(13-16-30)25(32)27-14-11-22-9-7-17-34-22/h5-10,17,19,21H,4,11-16,18H2,1-3H3,(H,27,32)(H,28,31). The number of likely N-dealkylation sites (tertiary alicyclic amines) is 1. The third-order valence-electron chi connectivity index (χ3n) is 6.49. The Morgan fingerprint density at radius 1 is 1.15 bits per heavy atom. The molecule has 2 N–H and O–H groups in total. The van der Waals surface area contributed by atoms with Crippen molar-refractivity contribution < 1.29 is 14.4 Å². The number of benzene rings is 1. The van der Waals surface area contributed by atoms with Crippen LogP contribution in [0.1, 0.15) is 37.1 Å². The Hall–Kier alpha value is -2.71. The summed E-state index contributed by atoms with van der Waals surface area (Å²) in [6, 6.07) is 11.5. The summed E-state index contributed by atoms with van der Waals surface area (Å²) in [5, 5.41) is 8.02. The molecule has 184 valence electrons. The maximum absolute atomic E-state index is 12.9. The molecule has 1 aliphatic rings. The molecule has 0 saturated carbocycles.